The zero-order valence-electron chi connectivity index (χ0n) is 4.34. The van der Waals surface area contributed by atoms with Gasteiger partial charge in [-0.25, -0.2) is 4.98 Å². The summed E-state index contributed by atoms with van der Waals surface area (Å²) in [7, 11) is 0. The van der Waals surface area contributed by atoms with Gasteiger partial charge in [0.2, 0.25) is 0 Å². The Labute approximate surface area is 65.8 Å². The molecule has 0 atom stereocenters. The zero-order valence-corrected chi connectivity index (χ0v) is 8.06. The second kappa shape index (κ2) is 3.99. The number of halogens is 1. The van der Waals surface area contributed by atoms with Crippen LogP contribution in [0.3, 0.4) is 0 Å². The second-order valence-corrected chi connectivity index (χ2v) is 1.54. The van der Waals surface area contributed by atoms with Gasteiger partial charge in [-0.3, -0.25) is 0 Å². The normalized spacial score (nSPS) is 7.62. The Hall–Kier alpha value is 0.0634. The minimum absolute atomic E-state index is 0. The van der Waals surface area contributed by atoms with E-state index in [1.54, 1.807) is 12.3 Å². The summed E-state index contributed by atoms with van der Waals surface area (Å²) in [5.41, 5.74) is 0. The second-order valence-electron chi connectivity index (χ2n) is 1.15. The van der Waals surface area contributed by atoms with Gasteiger partial charge >= 0.3 is 0 Å². The van der Waals surface area contributed by atoms with Gasteiger partial charge in [-0.15, -0.1) is 0 Å². The van der Waals surface area contributed by atoms with E-state index in [1.165, 1.54) is 0 Å². The summed E-state index contributed by atoms with van der Waals surface area (Å²) < 4.78 is 0. The van der Waals surface area contributed by atoms with Crippen molar-refractivity contribution >= 4 is 11.6 Å². The van der Waals surface area contributed by atoms with Gasteiger partial charge < -0.3 is 0 Å². The number of nitrogens with zero attached hydrogens (tertiary/aromatic N) is 1. The van der Waals surface area contributed by atoms with Crippen LogP contribution in [0, 0.1) is 0 Å². The molecule has 3 heteroatoms. The third-order valence-electron chi connectivity index (χ3n) is 0.629. The van der Waals surface area contributed by atoms with E-state index in [4.69, 9.17) is 11.6 Å². The Morgan fingerprint density at radius 3 is 2.38 bits per heavy atom. The number of hydrogen-bond donors (Lipinski definition) is 0. The Balaban J connectivity index is 0.000000490. The summed E-state index contributed by atoms with van der Waals surface area (Å²) in [6.45, 7) is 0. The average molecular weight is 179 g/mol. The molecular formula is C5H4ClNZn. The molecule has 0 radical (unpaired) electrons. The molecule has 0 saturated heterocycles. The van der Waals surface area contributed by atoms with Gasteiger partial charge in [0.1, 0.15) is 5.15 Å². The molecule has 1 aromatic rings. The molecule has 0 N–H and O–H groups in total. The quantitative estimate of drug-likeness (QED) is 0.436. The molecule has 38 valence electrons. The summed E-state index contributed by atoms with van der Waals surface area (Å²) in [6.07, 6.45) is 1.66. The van der Waals surface area contributed by atoms with E-state index >= 15 is 0 Å². The fourth-order valence-corrected chi connectivity index (χ4v) is 0.471. The van der Waals surface area contributed by atoms with Crippen molar-refractivity contribution in [2.24, 2.45) is 0 Å². The van der Waals surface area contributed by atoms with Crippen LogP contribution in [0.4, 0.5) is 0 Å². The maximum Gasteiger partial charge on any atom is 0.129 e. The van der Waals surface area contributed by atoms with Gasteiger partial charge in [0.15, 0.2) is 0 Å². The SMILES string of the molecule is Clc1ccccn1.[Zn]. The fraction of sp³-hybridized carbons (Fsp3) is 0. The molecule has 0 aliphatic heterocycles. The minimum atomic E-state index is 0. The van der Waals surface area contributed by atoms with Crippen molar-refractivity contribution in [3.8, 4) is 0 Å². The molecule has 0 spiro atoms. The van der Waals surface area contributed by atoms with Crippen molar-refractivity contribution in [1.82, 2.24) is 4.98 Å². The number of aromatic nitrogens is 1. The summed E-state index contributed by atoms with van der Waals surface area (Å²) in [6, 6.07) is 5.41. The predicted molar refractivity (Wildman–Crippen MR) is 29.2 cm³/mol. The van der Waals surface area contributed by atoms with Gasteiger partial charge in [0, 0.05) is 25.7 Å². The van der Waals surface area contributed by atoms with Crippen molar-refractivity contribution < 1.29 is 19.5 Å². The van der Waals surface area contributed by atoms with Crippen LogP contribution in [0.15, 0.2) is 24.4 Å². The third-order valence-corrected chi connectivity index (χ3v) is 0.852. The molecule has 0 aliphatic carbocycles. The number of rotatable bonds is 0. The molecule has 0 unspecified atom stereocenters. The van der Waals surface area contributed by atoms with Crippen molar-refractivity contribution in [1.29, 1.82) is 0 Å². The molecule has 1 aromatic heterocycles. The molecule has 1 nitrogen and oxygen atoms in total. The first-order valence-electron chi connectivity index (χ1n) is 1.96. The van der Waals surface area contributed by atoms with E-state index in [-0.39, 0.29) is 19.5 Å². The molecule has 0 aliphatic rings. The molecule has 0 amide bonds. The van der Waals surface area contributed by atoms with Crippen LogP contribution < -0.4 is 0 Å². The summed E-state index contributed by atoms with van der Waals surface area (Å²) in [5, 5.41) is 0.544. The van der Waals surface area contributed by atoms with E-state index < -0.39 is 0 Å². The third kappa shape index (κ3) is 2.39. The molecule has 0 saturated carbocycles. The fourth-order valence-electron chi connectivity index (χ4n) is 0.342. The van der Waals surface area contributed by atoms with E-state index in [0.29, 0.717) is 5.15 Å². The molecular weight excluding hydrogens is 175 g/mol. The van der Waals surface area contributed by atoms with E-state index in [9.17, 15) is 0 Å². The maximum atomic E-state index is 5.43. The molecule has 8 heavy (non-hydrogen) atoms. The monoisotopic (exact) mass is 177 g/mol. The van der Waals surface area contributed by atoms with Crippen molar-refractivity contribution in [2.45, 2.75) is 0 Å². The Bertz CT molecular complexity index is 142. The van der Waals surface area contributed by atoms with Gasteiger partial charge in [-0.2, -0.15) is 0 Å². The first-order valence-corrected chi connectivity index (χ1v) is 2.34. The van der Waals surface area contributed by atoms with E-state index in [0.717, 1.165) is 0 Å². The topological polar surface area (TPSA) is 12.9 Å². The smallest absolute Gasteiger partial charge is 0.129 e. The van der Waals surface area contributed by atoms with Crippen LogP contribution in [0.5, 0.6) is 0 Å². The Morgan fingerprint density at radius 2 is 2.12 bits per heavy atom. The molecule has 1 rings (SSSR count). The van der Waals surface area contributed by atoms with Crippen LogP contribution in [-0.2, 0) is 19.5 Å². The first kappa shape index (κ1) is 8.06. The Morgan fingerprint density at radius 1 is 1.38 bits per heavy atom. The van der Waals surface area contributed by atoms with Gasteiger partial charge in [0.05, 0.1) is 0 Å². The predicted octanol–water partition coefficient (Wildman–Crippen LogP) is 1.73. The van der Waals surface area contributed by atoms with E-state index in [1.807, 2.05) is 12.1 Å². The van der Waals surface area contributed by atoms with Gasteiger partial charge in [0.25, 0.3) is 0 Å². The summed E-state index contributed by atoms with van der Waals surface area (Å²) in [5.74, 6) is 0. The largest absolute Gasteiger partial charge is 0.245 e. The van der Waals surface area contributed by atoms with Crippen LogP contribution in [0.2, 0.25) is 5.15 Å². The minimum Gasteiger partial charge on any atom is -0.245 e. The zero-order chi connectivity index (χ0) is 5.11. The van der Waals surface area contributed by atoms with Crippen molar-refractivity contribution in [3.05, 3.63) is 29.5 Å². The molecule has 0 aromatic carbocycles. The molecule has 0 bridgehead atoms. The van der Waals surface area contributed by atoms with Crippen molar-refractivity contribution in [3.63, 3.8) is 0 Å². The Kier molecular flexibility index (Phi) is 4.03. The van der Waals surface area contributed by atoms with Gasteiger partial charge in [-0.05, 0) is 12.1 Å². The van der Waals surface area contributed by atoms with Gasteiger partial charge in [-0.1, -0.05) is 17.7 Å². The maximum absolute atomic E-state index is 5.43. The van der Waals surface area contributed by atoms with Crippen LogP contribution >= 0.6 is 11.6 Å². The first-order chi connectivity index (χ1) is 3.39. The average Bonchev–Trinajstić information content (AvgIpc) is 1.69. The summed E-state index contributed by atoms with van der Waals surface area (Å²) >= 11 is 5.43. The molecule has 1 heterocycles. The standard InChI is InChI=1S/C5H4ClN.Zn/c6-5-3-1-2-4-7-5;/h1-4H;. The van der Waals surface area contributed by atoms with Crippen LogP contribution in [-0.4, -0.2) is 4.98 Å². The van der Waals surface area contributed by atoms with E-state index in [2.05, 4.69) is 4.98 Å². The summed E-state index contributed by atoms with van der Waals surface area (Å²) in [4.78, 5) is 3.74. The van der Waals surface area contributed by atoms with Crippen molar-refractivity contribution in [2.75, 3.05) is 0 Å². The molecule has 0 fully saturated rings. The van der Waals surface area contributed by atoms with Crippen LogP contribution in [0.25, 0.3) is 0 Å². The van der Waals surface area contributed by atoms with Crippen LogP contribution in [0.1, 0.15) is 0 Å². The number of hydrogen-bond acceptors (Lipinski definition) is 1. The number of pyridine rings is 1.